The van der Waals surface area contributed by atoms with Crippen LogP contribution in [0.3, 0.4) is 0 Å². The van der Waals surface area contributed by atoms with Crippen molar-refractivity contribution >= 4 is 17.6 Å². The van der Waals surface area contributed by atoms with Crippen LogP contribution in [0.5, 0.6) is 0 Å². The summed E-state index contributed by atoms with van der Waals surface area (Å²) in [4.78, 5) is 23.2. The Morgan fingerprint density at radius 3 is 2.69 bits per heavy atom. The van der Waals surface area contributed by atoms with Gasteiger partial charge < -0.3 is 15.2 Å². The number of anilines is 1. The van der Waals surface area contributed by atoms with Crippen molar-refractivity contribution in [3.05, 3.63) is 29.8 Å². The van der Waals surface area contributed by atoms with E-state index >= 15 is 0 Å². The molecular formula is C16H16FN5O4. The lowest BCUT2D eigenvalue weighted by Gasteiger charge is -2.13. The van der Waals surface area contributed by atoms with Crippen molar-refractivity contribution in [2.75, 3.05) is 5.32 Å². The summed E-state index contributed by atoms with van der Waals surface area (Å²) in [5, 5.41) is 23.0. The van der Waals surface area contributed by atoms with E-state index in [1.807, 2.05) is 0 Å². The molecule has 26 heavy (non-hydrogen) atoms. The fourth-order valence-corrected chi connectivity index (χ4v) is 2.95. The van der Waals surface area contributed by atoms with Crippen molar-refractivity contribution in [1.29, 1.82) is 0 Å². The van der Waals surface area contributed by atoms with E-state index in [0.29, 0.717) is 17.9 Å². The summed E-state index contributed by atoms with van der Waals surface area (Å²) < 4.78 is 20.8. The average molecular weight is 361 g/mol. The van der Waals surface area contributed by atoms with Gasteiger partial charge in [0.15, 0.2) is 11.9 Å². The van der Waals surface area contributed by atoms with Crippen LogP contribution in [0.1, 0.15) is 37.4 Å². The first kappa shape index (κ1) is 16.6. The van der Waals surface area contributed by atoms with Gasteiger partial charge in [0.2, 0.25) is 0 Å². The van der Waals surface area contributed by atoms with Gasteiger partial charge in [-0.05, 0) is 54.3 Å². The van der Waals surface area contributed by atoms with Gasteiger partial charge in [0.05, 0.1) is 0 Å². The summed E-state index contributed by atoms with van der Waals surface area (Å²) in [6, 6.07) is 4.08. The van der Waals surface area contributed by atoms with E-state index in [1.54, 1.807) is 0 Å². The second-order valence-electron chi connectivity index (χ2n) is 6.41. The molecule has 2 atom stereocenters. The van der Waals surface area contributed by atoms with E-state index in [-0.39, 0.29) is 18.0 Å². The SMILES string of the molecule is O=C(Nc1ccc(F)c(-n2nnnc2C2CC2)c1)[C@@H]1CC[C@H](C(=O)O)O1. The highest BCUT2D eigenvalue weighted by Gasteiger charge is 2.35. The van der Waals surface area contributed by atoms with Gasteiger partial charge in [-0.15, -0.1) is 5.10 Å². The third kappa shape index (κ3) is 3.15. The van der Waals surface area contributed by atoms with Crippen LogP contribution in [0.4, 0.5) is 10.1 Å². The zero-order chi connectivity index (χ0) is 18.3. The van der Waals surface area contributed by atoms with Crippen molar-refractivity contribution in [3.63, 3.8) is 0 Å². The van der Waals surface area contributed by atoms with Gasteiger partial charge in [-0.2, -0.15) is 4.68 Å². The number of nitrogens with zero attached hydrogens (tertiary/aromatic N) is 4. The number of nitrogens with one attached hydrogen (secondary N) is 1. The number of carboxylic acid groups (broad SMARTS) is 1. The minimum Gasteiger partial charge on any atom is -0.479 e. The number of hydrogen-bond acceptors (Lipinski definition) is 6. The number of rotatable bonds is 5. The maximum atomic E-state index is 14.3. The van der Waals surface area contributed by atoms with Gasteiger partial charge in [0.1, 0.15) is 17.6 Å². The maximum absolute atomic E-state index is 14.3. The lowest BCUT2D eigenvalue weighted by molar-refractivity contribution is -0.150. The number of halogens is 1. The molecule has 4 rings (SSSR count). The summed E-state index contributed by atoms with van der Waals surface area (Å²) in [5.74, 6) is -1.25. The van der Waals surface area contributed by atoms with Crippen LogP contribution in [-0.2, 0) is 14.3 Å². The van der Waals surface area contributed by atoms with Crippen molar-refractivity contribution < 1.29 is 23.8 Å². The van der Waals surface area contributed by atoms with E-state index < -0.39 is 29.9 Å². The van der Waals surface area contributed by atoms with Crippen LogP contribution < -0.4 is 5.32 Å². The average Bonchev–Trinajstić information content (AvgIpc) is 3.14. The molecule has 0 radical (unpaired) electrons. The van der Waals surface area contributed by atoms with E-state index in [0.717, 1.165) is 12.8 Å². The largest absolute Gasteiger partial charge is 0.479 e. The first-order valence-corrected chi connectivity index (χ1v) is 8.30. The molecular weight excluding hydrogens is 345 g/mol. The highest BCUT2D eigenvalue weighted by atomic mass is 19.1. The lowest BCUT2D eigenvalue weighted by Crippen LogP contribution is -2.30. The number of carboxylic acids is 1. The van der Waals surface area contributed by atoms with Crippen molar-refractivity contribution in [3.8, 4) is 5.69 Å². The molecule has 0 bridgehead atoms. The Labute approximate surface area is 147 Å². The zero-order valence-corrected chi connectivity index (χ0v) is 13.6. The number of tetrazole rings is 1. The zero-order valence-electron chi connectivity index (χ0n) is 13.6. The van der Waals surface area contributed by atoms with Gasteiger partial charge in [-0.25, -0.2) is 9.18 Å². The second-order valence-corrected chi connectivity index (χ2v) is 6.41. The fourth-order valence-electron chi connectivity index (χ4n) is 2.95. The number of hydrogen-bond donors (Lipinski definition) is 2. The fraction of sp³-hybridized carbons (Fsp3) is 0.438. The van der Waals surface area contributed by atoms with Gasteiger partial charge in [-0.3, -0.25) is 4.79 Å². The Morgan fingerprint density at radius 2 is 2.00 bits per heavy atom. The second kappa shape index (κ2) is 6.45. The smallest absolute Gasteiger partial charge is 0.332 e. The third-order valence-corrected chi connectivity index (χ3v) is 4.47. The Hall–Kier alpha value is -2.88. The number of carbonyl (C=O) groups is 2. The summed E-state index contributed by atoms with van der Waals surface area (Å²) in [5.41, 5.74) is 0.497. The standard InChI is InChI=1S/C16H16FN5O4/c17-10-4-3-9(18-15(23)12-5-6-13(26-12)16(24)25)7-11(10)22-14(8-1-2-8)19-20-21-22/h3-4,7-8,12-13H,1-2,5-6H2,(H,18,23)(H,24,25)/t12-,13+/m0/s1. The molecule has 1 saturated heterocycles. The minimum absolute atomic E-state index is 0.144. The van der Waals surface area contributed by atoms with E-state index in [1.165, 1.54) is 22.9 Å². The molecule has 1 aliphatic heterocycles. The van der Waals surface area contributed by atoms with Gasteiger partial charge in [0.25, 0.3) is 5.91 Å². The molecule has 2 N–H and O–H groups in total. The Balaban J connectivity index is 1.52. The summed E-state index contributed by atoms with van der Waals surface area (Å²) in [6.07, 6.45) is 0.689. The predicted octanol–water partition coefficient (Wildman–Crippen LogP) is 1.25. The monoisotopic (exact) mass is 361 g/mol. The van der Waals surface area contributed by atoms with Crippen LogP contribution in [-0.4, -0.2) is 49.4 Å². The molecule has 1 amide bonds. The molecule has 1 saturated carbocycles. The summed E-state index contributed by atoms with van der Waals surface area (Å²) in [6.45, 7) is 0. The molecule has 2 heterocycles. The first-order chi connectivity index (χ1) is 12.5. The molecule has 9 nitrogen and oxygen atoms in total. The molecule has 136 valence electrons. The van der Waals surface area contributed by atoms with Crippen LogP contribution in [0, 0.1) is 5.82 Å². The first-order valence-electron chi connectivity index (χ1n) is 8.30. The number of carbonyl (C=O) groups excluding carboxylic acids is 1. The number of aliphatic carboxylic acids is 1. The summed E-state index contributed by atoms with van der Waals surface area (Å²) in [7, 11) is 0. The van der Waals surface area contributed by atoms with Gasteiger partial charge in [0, 0.05) is 11.6 Å². The molecule has 1 aromatic heterocycles. The molecule has 2 fully saturated rings. The number of aromatic nitrogens is 4. The van der Waals surface area contributed by atoms with Gasteiger partial charge >= 0.3 is 5.97 Å². The predicted molar refractivity (Wildman–Crippen MR) is 85.2 cm³/mol. The minimum atomic E-state index is -1.09. The molecule has 2 aromatic rings. The Bertz CT molecular complexity index is 866. The van der Waals surface area contributed by atoms with E-state index in [4.69, 9.17) is 9.84 Å². The highest BCUT2D eigenvalue weighted by Crippen LogP contribution is 2.39. The van der Waals surface area contributed by atoms with E-state index in [2.05, 4.69) is 20.8 Å². The van der Waals surface area contributed by atoms with Gasteiger partial charge in [-0.1, -0.05) is 0 Å². The van der Waals surface area contributed by atoms with Crippen LogP contribution in [0.15, 0.2) is 18.2 Å². The summed E-state index contributed by atoms with van der Waals surface area (Å²) >= 11 is 0. The molecule has 0 spiro atoms. The third-order valence-electron chi connectivity index (χ3n) is 4.47. The van der Waals surface area contributed by atoms with Crippen LogP contribution >= 0.6 is 0 Å². The maximum Gasteiger partial charge on any atom is 0.332 e. The normalized spacial score (nSPS) is 22.3. The number of amides is 1. The topological polar surface area (TPSA) is 119 Å². The number of benzene rings is 1. The van der Waals surface area contributed by atoms with E-state index in [9.17, 15) is 14.0 Å². The van der Waals surface area contributed by atoms with Crippen molar-refractivity contribution in [1.82, 2.24) is 20.2 Å². The Morgan fingerprint density at radius 1 is 1.23 bits per heavy atom. The Kier molecular flexibility index (Phi) is 4.11. The lowest BCUT2D eigenvalue weighted by atomic mass is 10.2. The highest BCUT2D eigenvalue weighted by molar-refractivity contribution is 5.95. The van der Waals surface area contributed by atoms with Crippen LogP contribution in [0.2, 0.25) is 0 Å². The quantitative estimate of drug-likeness (QED) is 0.822. The van der Waals surface area contributed by atoms with Crippen molar-refractivity contribution in [2.24, 2.45) is 0 Å². The number of ether oxygens (including phenoxy) is 1. The molecule has 1 aromatic carbocycles. The molecule has 1 aliphatic carbocycles. The van der Waals surface area contributed by atoms with Crippen LogP contribution in [0.25, 0.3) is 5.69 Å². The van der Waals surface area contributed by atoms with Crippen molar-refractivity contribution in [2.45, 2.75) is 43.8 Å². The molecule has 0 unspecified atom stereocenters. The molecule has 2 aliphatic rings. The molecule has 10 heteroatoms.